The van der Waals surface area contributed by atoms with E-state index in [1.165, 1.54) is 0 Å². The first kappa shape index (κ1) is 11.4. The predicted octanol–water partition coefficient (Wildman–Crippen LogP) is 0.371. The molecule has 4 nitrogen and oxygen atoms in total. The Bertz CT molecular complexity index is 298. The number of hydrogen-bond donors (Lipinski definition) is 1. The zero-order chi connectivity index (χ0) is 10.4. The van der Waals surface area contributed by atoms with E-state index in [9.17, 15) is 4.21 Å². The molecular weight excluding hydrogens is 198 g/mol. The average molecular weight is 215 g/mol. The average Bonchev–Trinajstić information content (AvgIpc) is 2.62. The van der Waals surface area contributed by atoms with Crippen molar-refractivity contribution in [2.24, 2.45) is 0 Å². The van der Waals surface area contributed by atoms with Crippen molar-refractivity contribution in [2.45, 2.75) is 20.0 Å². The van der Waals surface area contributed by atoms with E-state index in [-0.39, 0.29) is 0 Å². The normalized spacial score (nSPS) is 13.0. The molecule has 1 rings (SSSR count). The third kappa shape index (κ3) is 3.23. The smallest absolute Gasteiger partial charge is 0.0948 e. The highest BCUT2D eigenvalue weighted by Gasteiger charge is 2.02. The van der Waals surface area contributed by atoms with E-state index >= 15 is 0 Å². The van der Waals surface area contributed by atoms with Gasteiger partial charge in [0.15, 0.2) is 0 Å². The molecule has 0 saturated carbocycles. The first-order chi connectivity index (χ1) is 6.77. The molecule has 0 aliphatic carbocycles. The molecule has 1 N–H and O–H groups in total. The van der Waals surface area contributed by atoms with Crippen LogP contribution in [0.3, 0.4) is 0 Å². The quantitative estimate of drug-likeness (QED) is 0.746. The molecule has 1 atom stereocenters. The van der Waals surface area contributed by atoms with Gasteiger partial charge in [-0.15, -0.1) is 0 Å². The highest BCUT2D eigenvalue weighted by atomic mass is 32.2. The Morgan fingerprint density at radius 1 is 1.64 bits per heavy atom. The molecule has 80 valence electrons. The summed E-state index contributed by atoms with van der Waals surface area (Å²) >= 11 is 0. The minimum absolute atomic E-state index is 0.693. The van der Waals surface area contributed by atoms with Crippen LogP contribution < -0.4 is 5.32 Å². The number of hydrogen-bond acceptors (Lipinski definition) is 3. The molecule has 0 bridgehead atoms. The van der Waals surface area contributed by atoms with Crippen LogP contribution in [0.15, 0.2) is 12.5 Å². The second-order valence-corrected chi connectivity index (χ2v) is 4.91. The topological polar surface area (TPSA) is 46.9 Å². The number of aryl methyl sites for hydroxylation is 1. The molecule has 0 fully saturated rings. The van der Waals surface area contributed by atoms with Crippen LogP contribution in [0.2, 0.25) is 0 Å². The fourth-order valence-corrected chi connectivity index (χ4v) is 1.91. The number of aromatic nitrogens is 2. The maximum atomic E-state index is 11.2. The first-order valence-electron chi connectivity index (χ1n) is 4.76. The summed E-state index contributed by atoms with van der Waals surface area (Å²) in [5.74, 6) is 1.44. The van der Waals surface area contributed by atoms with Crippen LogP contribution in [0, 0.1) is 0 Å². The van der Waals surface area contributed by atoms with Gasteiger partial charge in [-0.05, 0) is 7.05 Å². The summed E-state index contributed by atoms with van der Waals surface area (Å²) in [4.78, 5) is 4.07. The Morgan fingerprint density at radius 2 is 2.43 bits per heavy atom. The Hall–Kier alpha value is -0.680. The minimum atomic E-state index is -0.693. The van der Waals surface area contributed by atoms with Crippen molar-refractivity contribution in [1.29, 1.82) is 0 Å². The summed E-state index contributed by atoms with van der Waals surface area (Å²) in [7, 11) is 1.21. The lowest BCUT2D eigenvalue weighted by Gasteiger charge is -2.06. The first-order valence-corrected chi connectivity index (χ1v) is 6.25. The van der Waals surface area contributed by atoms with E-state index < -0.39 is 10.8 Å². The lowest BCUT2D eigenvalue weighted by molar-refractivity contribution is 0.656. The van der Waals surface area contributed by atoms with E-state index in [4.69, 9.17) is 0 Å². The van der Waals surface area contributed by atoms with Crippen LogP contribution in [-0.4, -0.2) is 32.3 Å². The molecule has 1 unspecified atom stereocenters. The lowest BCUT2D eigenvalue weighted by Crippen LogP contribution is -2.14. The molecule has 0 spiro atoms. The van der Waals surface area contributed by atoms with Crippen LogP contribution in [-0.2, 0) is 23.9 Å². The Morgan fingerprint density at radius 3 is 3.07 bits per heavy atom. The Kier molecular flexibility index (Phi) is 4.82. The van der Waals surface area contributed by atoms with Crippen LogP contribution in [0.1, 0.15) is 12.6 Å². The van der Waals surface area contributed by atoms with Gasteiger partial charge in [0.2, 0.25) is 0 Å². The van der Waals surface area contributed by atoms with Gasteiger partial charge >= 0.3 is 0 Å². The van der Waals surface area contributed by atoms with Crippen molar-refractivity contribution in [3.63, 3.8) is 0 Å². The zero-order valence-electron chi connectivity index (χ0n) is 8.69. The molecule has 1 heterocycles. The van der Waals surface area contributed by atoms with E-state index in [0.29, 0.717) is 5.75 Å². The molecule has 5 heteroatoms. The summed E-state index contributed by atoms with van der Waals surface area (Å²) in [6.07, 6.45) is 3.63. The lowest BCUT2D eigenvalue weighted by atomic mass is 10.4. The van der Waals surface area contributed by atoms with Crippen LogP contribution in [0.25, 0.3) is 0 Å². The molecule has 0 aliphatic rings. The minimum Gasteiger partial charge on any atom is -0.332 e. The molecule has 0 aliphatic heterocycles. The standard InChI is InChI=1S/C9H17N3OS/c1-3-14(13)5-4-12-8-11-7-9(12)6-10-2/h7-8,10H,3-6H2,1-2H3. The predicted molar refractivity (Wildman–Crippen MR) is 58.5 cm³/mol. The molecule has 0 saturated heterocycles. The van der Waals surface area contributed by atoms with E-state index in [0.717, 1.165) is 24.5 Å². The Labute approximate surface area is 87.2 Å². The van der Waals surface area contributed by atoms with Crippen molar-refractivity contribution in [2.75, 3.05) is 18.6 Å². The third-order valence-electron chi connectivity index (χ3n) is 2.04. The maximum Gasteiger partial charge on any atom is 0.0948 e. The van der Waals surface area contributed by atoms with Gasteiger partial charge in [0, 0.05) is 41.6 Å². The van der Waals surface area contributed by atoms with Crippen LogP contribution in [0.4, 0.5) is 0 Å². The number of rotatable bonds is 6. The fraction of sp³-hybridized carbons (Fsp3) is 0.667. The third-order valence-corrected chi connectivity index (χ3v) is 3.32. The van der Waals surface area contributed by atoms with Gasteiger partial charge in [0.05, 0.1) is 12.0 Å². The summed E-state index contributed by atoms with van der Waals surface area (Å²) in [5.41, 5.74) is 1.14. The van der Waals surface area contributed by atoms with Crippen molar-refractivity contribution in [3.8, 4) is 0 Å². The largest absolute Gasteiger partial charge is 0.332 e. The Balaban J connectivity index is 2.49. The summed E-state index contributed by atoms with van der Waals surface area (Å²) in [6.45, 7) is 3.54. The van der Waals surface area contributed by atoms with E-state index in [2.05, 4.69) is 10.3 Å². The van der Waals surface area contributed by atoms with Gasteiger partial charge in [0.1, 0.15) is 0 Å². The van der Waals surface area contributed by atoms with Gasteiger partial charge in [0.25, 0.3) is 0 Å². The maximum absolute atomic E-state index is 11.2. The second kappa shape index (κ2) is 5.93. The van der Waals surface area contributed by atoms with Crippen molar-refractivity contribution in [3.05, 3.63) is 18.2 Å². The molecule has 14 heavy (non-hydrogen) atoms. The SMILES string of the molecule is CCS(=O)CCn1cncc1CNC. The molecule has 0 amide bonds. The highest BCUT2D eigenvalue weighted by Crippen LogP contribution is 1.99. The van der Waals surface area contributed by atoms with Crippen LogP contribution in [0.5, 0.6) is 0 Å². The van der Waals surface area contributed by atoms with Gasteiger partial charge < -0.3 is 9.88 Å². The van der Waals surface area contributed by atoms with Gasteiger partial charge in [-0.25, -0.2) is 4.98 Å². The molecular formula is C9H17N3OS. The summed E-state index contributed by atoms with van der Waals surface area (Å²) in [5, 5.41) is 3.08. The number of nitrogens with zero attached hydrogens (tertiary/aromatic N) is 2. The monoisotopic (exact) mass is 215 g/mol. The van der Waals surface area contributed by atoms with Crippen molar-refractivity contribution >= 4 is 10.8 Å². The number of nitrogens with one attached hydrogen (secondary N) is 1. The van der Waals surface area contributed by atoms with E-state index in [1.54, 1.807) is 6.33 Å². The highest BCUT2D eigenvalue weighted by molar-refractivity contribution is 7.84. The van der Waals surface area contributed by atoms with E-state index in [1.807, 2.05) is 24.7 Å². The summed E-state index contributed by atoms with van der Waals surface area (Å²) in [6, 6.07) is 0. The zero-order valence-corrected chi connectivity index (χ0v) is 9.51. The number of imidazole rings is 1. The van der Waals surface area contributed by atoms with Gasteiger partial charge in [-0.3, -0.25) is 4.21 Å². The van der Waals surface area contributed by atoms with Gasteiger partial charge in [-0.2, -0.15) is 0 Å². The second-order valence-electron chi connectivity index (χ2n) is 3.04. The molecule has 0 aromatic carbocycles. The van der Waals surface area contributed by atoms with Crippen molar-refractivity contribution in [1.82, 2.24) is 14.9 Å². The van der Waals surface area contributed by atoms with Gasteiger partial charge in [-0.1, -0.05) is 6.92 Å². The van der Waals surface area contributed by atoms with Crippen LogP contribution >= 0.6 is 0 Å². The molecule has 0 radical (unpaired) electrons. The fourth-order valence-electron chi connectivity index (χ4n) is 1.22. The molecule has 1 aromatic rings. The summed E-state index contributed by atoms with van der Waals surface area (Å²) < 4.78 is 13.3. The molecule has 1 aromatic heterocycles. The van der Waals surface area contributed by atoms with Crippen molar-refractivity contribution < 1.29 is 4.21 Å².